The number of alkyl halides is 3. The van der Waals surface area contributed by atoms with E-state index in [0.29, 0.717) is 25.7 Å². The van der Waals surface area contributed by atoms with Crippen molar-refractivity contribution in [3.05, 3.63) is 29.8 Å². The van der Waals surface area contributed by atoms with Crippen molar-refractivity contribution in [2.75, 3.05) is 20.1 Å². The van der Waals surface area contributed by atoms with Gasteiger partial charge in [-0.05, 0) is 55.4 Å². The number of hydrogen-bond donors (Lipinski definition) is 2. The number of nitrogens with zero attached hydrogens (tertiary/aromatic N) is 2. The van der Waals surface area contributed by atoms with Gasteiger partial charge in [-0.1, -0.05) is 13.3 Å². The molecule has 0 radical (unpaired) electrons. The molecule has 1 aliphatic heterocycles. The first-order chi connectivity index (χ1) is 15.4. The van der Waals surface area contributed by atoms with Crippen molar-refractivity contribution in [1.82, 2.24) is 14.5 Å². The summed E-state index contributed by atoms with van der Waals surface area (Å²) in [6.07, 6.45) is -3.42. The predicted molar refractivity (Wildman–Crippen MR) is 113 cm³/mol. The Hall–Kier alpha value is -2.34. The van der Waals surface area contributed by atoms with Gasteiger partial charge in [-0.2, -0.15) is 17.5 Å². The second-order valence-electron chi connectivity index (χ2n) is 8.66. The van der Waals surface area contributed by atoms with Crippen molar-refractivity contribution in [2.45, 2.75) is 55.8 Å². The topological polar surface area (TPSA) is 107 Å². The summed E-state index contributed by atoms with van der Waals surface area (Å²) in [5.41, 5.74) is -0.921. The van der Waals surface area contributed by atoms with E-state index < -0.39 is 39.8 Å². The molecule has 2 aliphatic rings. The summed E-state index contributed by atoms with van der Waals surface area (Å²) in [4.78, 5) is 24.9. The lowest BCUT2D eigenvalue weighted by Crippen LogP contribution is -2.51. The van der Waals surface area contributed by atoms with Crippen molar-refractivity contribution < 1.29 is 36.3 Å². The van der Waals surface area contributed by atoms with Gasteiger partial charge in [0.25, 0.3) is 0 Å². The molecule has 1 aromatic carbocycles. The zero-order valence-electron chi connectivity index (χ0n) is 18.4. The van der Waals surface area contributed by atoms with E-state index in [1.165, 1.54) is 11.4 Å². The normalized spacial score (nSPS) is 24.3. The molecule has 2 fully saturated rings. The molecule has 0 aromatic heterocycles. The van der Waals surface area contributed by atoms with Gasteiger partial charge in [0.2, 0.25) is 15.9 Å². The Balaban J connectivity index is 1.70. The SMILES string of the molecule is CCCC(C(=O)N[C@H]1CC[C@@H]2CN(S(=O)(=O)c3ccc(C(F)(F)F)cc3)CC21)N(C)C(=O)O. The molecular weight excluding hydrogens is 463 g/mol. The number of halogens is 3. The number of carboxylic acid groups (broad SMARTS) is 1. The van der Waals surface area contributed by atoms with E-state index in [2.05, 4.69) is 5.32 Å². The lowest BCUT2D eigenvalue weighted by atomic mass is 9.97. The first-order valence-corrected chi connectivity index (χ1v) is 12.2. The van der Waals surface area contributed by atoms with Gasteiger partial charge in [-0.25, -0.2) is 13.2 Å². The van der Waals surface area contributed by atoms with E-state index in [-0.39, 0.29) is 35.9 Å². The van der Waals surface area contributed by atoms with Crippen LogP contribution in [0.4, 0.5) is 18.0 Å². The van der Waals surface area contributed by atoms with Gasteiger partial charge >= 0.3 is 12.3 Å². The standard InChI is InChI=1S/C21H28F3N3O5S/c1-3-4-18(26(2)20(29)30)19(28)25-17-10-5-13-11-27(12-16(13)17)33(31,32)15-8-6-14(7-9-15)21(22,23)24/h6-9,13,16-18H,3-5,10-12H2,1-2H3,(H,25,28)(H,29,30)/t13-,16?,17+,18?/m1/s1. The quantitative estimate of drug-likeness (QED) is 0.610. The maximum absolute atomic E-state index is 13.0. The van der Waals surface area contributed by atoms with Gasteiger partial charge in [-0.3, -0.25) is 9.69 Å². The fourth-order valence-electron chi connectivity index (χ4n) is 4.75. The summed E-state index contributed by atoms with van der Waals surface area (Å²) < 4.78 is 65.6. The van der Waals surface area contributed by atoms with Gasteiger partial charge in [0.15, 0.2) is 0 Å². The number of benzene rings is 1. The second kappa shape index (κ2) is 9.49. The van der Waals surface area contributed by atoms with Crippen LogP contribution < -0.4 is 5.32 Å². The summed E-state index contributed by atoms with van der Waals surface area (Å²) >= 11 is 0. The Morgan fingerprint density at radius 3 is 2.39 bits per heavy atom. The number of sulfonamides is 1. The molecular formula is C21H28F3N3O5S. The number of amides is 2. The van der Waals surface area contributed by atoms with Crippen molar-refractivity contribution in [2.24, 2.45) is 11.8 Å². The third kappa shape index (κ3) is 5.26. The molecule has 4 atom stereocenters. The molecule has 3 rings (SSSR count). The van der Waals surface area contributed by atoms with Gasteiger partial charge < -0.3 is 10.4 Å². The fourth-order valence-corrected chi connectivity index (χ4v) is 6.29. The first-order valence-electron chi connectivity index (χ1n) is 10.8. The van der Waals surface area contributed by atoms with Gasteiger partial charge in [0.05, 0.1) is 10.5 Å². The highest BCUT2D eigenvalue weighted by Gasteiger charge is 2.47. The van der Waals surface area contributed by atoms with Gasteiger partial charge in [0, 0.05) is 26.2 Å². The lowest BCUT2D eigenvalue weighted by Gasteiger charge is -2.28. The fraction of sp³-hybridized carbons (Fsp3) is 0.619. The lowest BCUT2D eigenvalue weighted by molar-refractivity contribution is -0.137. The number of hydrogen-bond acceptors (Lipinski definition) is 4. The number of fused-ring (bicyclic) bond motifs is 1. The van der Waals surface area contributed by atoms with E-state index in [4.69, 9.17) is 0 Å². The Kier molecular flexibility index (Phi) is 7.27. The molecule has 8 nitrogen and oxygen atoms in total. The zero-order chi connectivity index (χ0) is 24.6. The van der Waals surface area contributed by atoms with Crippen LogP contribution in [0.15, 0.2) is 29.2 Å². The summed E-state index contributed by atoms with van der Waals surface area (Å²) in [6, 6.07) is 2.29. The molecule has 184 valence electrons. The van der Waals surface area contributed by atoms with Crippen LogP contribution in [0.3, 0.4) is 0 Å². The maximum atomic E-state index is 13.0. The average molecular weight is 492 g/mol. The molecule has 0 bridgehead atoms. The Labute approximate surface area is 190 Å². The average Bonchev–Trinajstić information content (AvgIpc) is 3.33. The monoisotopic (exact) mass is 491 g/mol. The van der Waals surface area contributed by atoms with Crippen LogP contribution in [0.5, 0.6) is 0 Å². The molecule has 2 amide bonds. The van der Waals surface area contributed by atoms with Crippen LogP contribution in [0, 0.1) is 11.8 Å². The summed E-state index contributed by atoms with van der Waals surface area (Å²) in [5.74, 6) is -0.534. The first kappa shape index (κ1) is 25.3. The predicted octanol–water partition coefficient (Wildman–Crippen LogP) is 3.00. The molecule has 2 N–H and O–H groups in total. The third-order valence-electron chi connectivity index (χ3n) is 6.60. The van der Waals surface area contributed by atoms with E-state index >= 15 is 0 Å². The molecule has 1 aromatic rings. The molecule has 1 aliphatic carbocycles. The molecule has 1 saturated carbocycles. The van der Waals surface area contributed by atoms with Crippen molar-refractivity contribution >= 4 is 22.0 Å². The van der Waals surface area contributed by atoms with E-state index in [9.17, 15) is 36.3 Å². The minimum absolute atomic E-state index is 0.0151. The van der Waals surface area contributed by atoms with Crippen molar-refractivity contribution in [3.63, 3.8) is 0 Å². The van der Waals surface area contributed by atoms with Crippen LogP contribution in [-0.4, -0.2) is 67.0 Å². The number of carbonyl (C=O) groups is 2. The van der Waals surface area contributed by atoms with E-state index in [1.54, 1.807) is 0 Å². The minimum atomic E-state index is -4.55. The number of nitrogens with one attached hydrogen (secondary N) is 1. The summed E-state index contributed by atoms with van der Waals surface area (Å²) in [5, 5.41) is 12.2. The van der Waals surface area contributed by atoms with Crippen molar-refractivity contribution in [3.8, 4) is 0 Å². The number of carbonyl (C=O) groups excluding carboxylic acids is 1. The highest BCUT2D eigenvalue weighted by Crippen LogP contribution is 2.40. The number of rotatable bonds is 7. The second-order valence-corrected chi connectivity index (χ2v) is 10.6. The Bertz CT molecular complexity index is 984. The van der Waals surface area contributed by atoms with Crippen molar-refractivity contribution in [1.29, 1.82) is 0 Å². The number of likely N-dealkylation sites (N-methyl/N-ethyl adjacent to an activating group) is 1. The van der Waals surface area contributed by atoms with Crippen LogP contribution in [0.2, 0.25) is 0 Å². The largest absolute Gasteiger partial charge is 0.465 e. The highest BCUT2D eigenvalue weighted by molar-refractivity contribution is 7.89. The maximum Gasteiger partial charge on any atom is 0.416 e. The van der Waals surface area contributed by atoms with Gasteiger partial charge in [-0.15, -0.1) is 0 Å². The zero-order valence-corrected chi connectivity index (χ0v) is 19.2. The molecule has 12 heteroatoms. The Morgan fingerprint density at radius 2 is 1.85 bits per heavy atom. The molecule has 1 saturated heterocycles. The highest BCUT2D eigenvalue weighted by atomic mass is 32.2. The van der Waals surface area contributed by atoms with E-state index in [0.717, 1.165) is 29.2 Å². The van der Waals surface area contributed by atoms with Crippen LogP contribution in [-0.2, 0) is 21.0 Å². The van der Waals surface area contributed by atoms with E-state index in [1.807, 2.05) is 6.92 Å². The molecule has 0 spiro atoms. The van der Waals surface area contributed by atoms with Crippen LogP contribution >= 0.6 is 0 Å². The third-order valence-corrected chi connectivity index (χ3v) is 8.45. The molecule has 1 heterocycles. The van der Waals surface area contributed by atoms with Gasteiger partial charge in [0.1, 0.15) is 6.04 Å². The van der Waals surface area contributed by atoms with Crippen LogP contribution in [0.25, 0.3) is 0 Å². The smallest absolute Gasteiger partial charge is 0.416 e. The molecule has 2 unspecified atom stereocenters. The Morgan fingerprint density at radius 1 is 1.21 bits per heavy atom. The molecule has 33 heavy (non-hydrogen) atoms. The van der Waals surface area contributed by atoms with Crippen LogP contribution in [0.1, 0.15) is 38.2 Å². The summed E-state index contributed by atoms with van der Waals surface area (Å²) in [7, 11) is -2.64. The minimum Gasteiger partial charge on any atom is -0.465 e. The summed E-state index contributed by atoms with van der Waals surface area (Å²) in [6.45, 7) is 2.22.